The Labute approximate surface area is 214 Å². The molecule has 1 aliphatic carbocycles. The molecule has 190 valence electrons. The second-order valence-corrected chi connectivity index (χ2v) is 10.6. The van der Waals surface area contributed by atoms with Crippen LogP contribution in [0.15, 0.2) is 36.5 Å². The number of hydrogen-bond donors (Lipinski definition) is 1. The van der Waals surface area contributed by atoms with Gasteiger partial charge in [-0.15, -0.1) is 0 Å². The first-order chi connectivity index (χ1) is 17.5. The summed E-state index contributed by atoms with van der Waals surface area (Å²) in [6.07, 6.45) is 6.35. The number of Topliss-reactive ketones (excluding diaryl/α,β-unsaturated/α-hetero) is 1. The quantitative estimate of drug-likeness (QED) is 0.176. The predicted molar refractivity (Wildman–Crippen MR) is 142 cm³/mol. The van der Waals surface area contributed by atoms with Gasteiger partial charge in [-0.2, -0.15) is 0 Å². The van der Waals surface area contributed by atoms with Gasteiger partial charge in [0.15, 0.2) is 10.7 Å². The van der Waals surface area contributed by atoms with Crippen molar-refractivity contribution in [1.29, 1.82) is 0 Å². The number of thiazole rings is 1. The minimum absolute atomic E-state index is 0.150. The number of ketones is 1. The van der Waals surface area contributed by atoms with Gasteiger partial charge in [0.1, 0.15) is 11.6 Å². The Hall–Kier alpha value is -2.68. The first-order valence-corrected chi connectivity index (χ1v) is 13.7. The van der Waals surface area contributed by atoms with Crippen molar-refractivity contribution in [2.24, 2.45) is 0 Å². The fourth-order valence-electron chi connectivity index (χ4n) is 4.57. The van der Waals surface area contributed by atoms with Gasteiger partial charge in [0.05, 0.1) is 15.9 Å². The maximum absolute atomic E-state index is 14.9. The predicted octanol–water partition coefficient (Wildman–Crippen LogP) is 6.44. The smallest absolute Gasteiger partial charge is 0.195 e. The van der Waals surface area contributed by atoms with Crippen LogP contribution in [0.1, 0.15) is 61.9 Å². The molecule has 1 fully saturated rings. The highest BCUT2D eigenvalue weighted by molar-refractivity contribution is 7.23. The Balaban J connectivity index is 1.30. The third-order valence-corrected chi connectivity index (χ3v) is 8.03. The fraction of sp³-hybridized carbons (Fsp3) is 0.429. The summed E-state index contributed by atoms with van der Waals surface area (Å²) in [4.78, 5) is 20.4. The van der Waals surface area contributed by atoms with Crippen LogP contribution in [0, 0.1) is 11.6 Å². The van der Waals surface area contributed by atoms with Gasteiger partial charge in [-0.1, -0.05) is 25.2 Å². The minimum Gasteiger partial charge on any atom is -0.310 e. The van der Waals surface area contributed by atoms with E-state index in [0.717, 1.165) is 55.5 Å². The fourth-order valence-corrected chi connectivity index (χ4v) is 5.62. The van der Waals surface area contributed by atoms with Crippen molar-refractivity contribution in [1.82, 2.24) is 19.6 Å². The lowest BCUT2D eigenvalue weighted by Gasteiger charge is -2.17. The van der Waals surface area contributed by atoms with Crippen LogP contribution in [0.4, 0.5) is 8.78 Å². The molecule has 8 heteroatoms. The molecular formula is C28H32F2N4OS. The van der Waals surface area contributed by atoms with Crippen LogP contribution >= 0.6 is 11.3 Å². The number of halogens is 2. The molecule has 1 aliphatic rings. The van der Waals surface area contributed by atoms with E-state index in [1.54, 1.807) is 6.20 Å². The van der Waals surface area contributed by atoms with Crippen LogP contribution in [0.3, 0.4) is 0 Å². The summed E-state index contributed by atoms with van der Waals surface area (Å²) in [6.45, 7) is 7.73. The molecule has 0 spiro atoms. The summed E-state index contributed by atoms with van der Waals surface area (Å²) in [6, 6.07) is 8.62. The van der Waals surface area contributed by atoms with Crippen molar-refractivity contribution < 1.29 is 13.6 Å². The third kappa shape index (κ3) is 5.36. The van der Waals surface area contributed by atoms with E-state index in [-0.39, 0.29) is 11.3 Å². The van der Waals surface area contributed by atoms with E-state index >= 15 is 0 Å². The van der Waals surface area contributed by atoms with Crippen molar-refractivity contribution in [3.8, 4) is 11.3 Å². The van der Waals surface area contributed by atoms with Crippen molar-refractivity contribution >= 4 is 32.3 Å². The van der Waals surface area contributed by atoms with E-state index in [0.29, 0.717) is 40.8 Å². The molecule has 0 saturated heterocycles. The van der Waals surface area contributed by atoms with Gasteiger partial charge in [-0.25, -0.2) is 13.8 Å². The Morgan fingerprint density at radius 2 is 1.94 bits per heavy atom. The molecule has 2 aromatic heterocycles. The average Bonchev–Trinajstić information content (AvgIpc) is 3.52. The summed E-state index contributed by atoms with van der Waals surface area (Å²) in [7, 11) is 0. The number of hydrogen-bond acceptors (Lipinski definition) is 5. The highest BCUT2D eigenvalue weighted by Gasteiger charge is 2.22. The number of carbonyl (C=O) groups is 1. The number of aromatic nitrogens is 2. The summed E-state index contributed by atoms with van der Waals surface area (Å²) in [5, 5.41) is 3.22. The van der Waals surface area contributed by atoms with Crippen LogP contribution in [-0.2, 0) is 6.54 Å². The molecule has 0 atom stereocenters. The highest BCUT2D eigenvalue weighted by Crippen LogP contribution is 2.32. The van der Waals surface area contributed by atoms with E-state index < -0.39 is 11.6 Å². The van der Waals surface area contributed by atoms with Crippen LogP contribution in [0.5, 0.6) is 0 Å². The molecule has 1 N–H and O–H groups in total. The van der Waals surface area contributed by atoms with E-state index in [1.165, 1.54) is 23.5 Å². The number of unbranched alkanes of at least 4 members (excludes halogenated alkanes) is 1. The number of nitrogens with one attached hydrogen (secondary N) is 1. The lowest BCUT2D eigenvalue weighted by Crippen LogP contribution is -2.24. The first-order valence-electron chi connectivity index (χ1n) is 12.9. The molecule has 2 heterocycles. The summed E-state index contributed by atoms with van der Waals surface area (Å²) < 4.78 is 32.4. The number of benzene rings is 2. The van der Waals surface area contributed by atoms with E-state index in [1.807, 2.05) is 22.6 Å². The van der Waals surface area contributed by atoms with Crippen LogP contribution in [0.25, 0.3) is 26.4 Å². The number of rotatable bonds is 12. The SMILES string of the molecule is CCN(CC)CCCCC(=O)c1ccc2c(c1)sc1nc(-c3cc(F)c(CNC4CC4)cc3F)cn12. The van der Waals surface area contributed by atoms with Gasteiger partial charge in [-0.05, 0) is 75.6 Å². The van der Waals surface area contributed by atoms with Crippen LogP contribution in [0.2, 0.25) is 0 Å². The molecule has 4 aromatic rings. The molecule has 0 bridgehead atoms. The Morgan fingerprint density at radius 3 is 2.69 bits per heavy atom. The van der Waals surface area contributed by atoms with Gasteiger partial charge >= 0.3 is 0 Å². The minimum atomic E-state index is -0.479. The van der Waals surface area contributed by atoms with Crippen LogP contribution < -0.4 is 5.32 Å². The topological polar surface area (TPSA) is 49.6 Å². The molecule has 36 heavy (non-hydrogen) atoms. The molecule has 0 unspecified atom stereocenters. The van der Waals surface area contributed by atoms with Gasteiger partial charge in [-0.3, -0.25) is 9.20 Å². The summed E-state index contributed by atoms with van der Waals surface area (Å²) in [5.41, 5.74) is 2.49. The van der Waals surface area contributed by atoms with Crippen LogP contribution in [-0.4, -0.2) is 45.7 Å². The lowest BCUT2D eigenvalue weighted by atomic mass is 10.1. The largest absolute Gasteiger partial charge is 0.310 e. The normalized spacial score (nSPS) is 13.9. The van der Waals surface area contributed by atoms with Gasteiger partial charge in [0.25, 0.3) is 0 Å². The zero-order valence-corrected chi connectivity index (χ0v) is 21.6. The highest BCUT2D eigenvalue weighted by atomic mass is 32.1. The Kier molecular flexibility index (Phi) is 7.46. The molecule has 1 saturated carbocycles. The van der Waals surface area contributed by atoms with Gasteiger partial charge in [0, 0.05) is 41.9 Å². The average molecular weight is 511 g/mol. The van der Waals surface area contributed by atoms with Crippen molar-refractivity contribution in [2.75, 3.05) is 19.6 Å². The third-order valence-electron chi connectivity index (χ3n) is 7.01. The monoisotopic (exact) mass is 510 g/mol. The second kappa shape index (κ2) is 10.7. The molecule has 0 amide bonds. The maximum Gasteiger partial charge on any atom is 0.195 e. The number of carbonyl (C=O) groups excluding carboxylic acids is 1. The lowest BCUT2D eigenvalue weighted by molar-refractivity contribution is 0.0978. The molecule has 0 radical (unpaired) electrons. The van der Waals surface area contributed by atoms with Crippen molar-refractivity contribution in [3.05, 3.63) is 59.3 Å². The standard InChI is InChI=1S/C28H32F2N4OS/c1-3-33(4-2)12-6-5-7-26(35)18-8-11-25-27(14-18)36-28-32-24(17-34(25)28)21-15-22(29)19(13-23(21)30)16-31-20-9-10-20/h8,11,13-15,17,20,31H,3-7,9-10,12,16H2,1-2H3. The number of nitrogens with zero attached hydrogens (tertiary/aromatic N) is 3. The molecule has 0 aliphatic heterocycles. The van der Waals surface area contributed by atoms with Crippen molar-refractivity contribution in [3.63, 3.8) is 0 Å². The Morgan fingerprint density at radius 1 is 1.14 bits per heavy atom. The van der Waals surface area contributed by atoms with Gasteiger partial charge < -0.3 is 10.2 Å². The van der Waals surface area contributed by atoms with E-state index in [4.69, 9.17) is 0 Å². The van der Waals surface area contributed by atoms with E-state index in [2.05, 4.69) is 29.0 Å². The Bertz CT molecular complexity index is 1390. The van der Waals surface area contributed by atoms with Gasteiger partial charge in [0.2, 0.25) is 0 Å². The number of fused-ring (bicyclic) bond motifs is 3. The molecular weight excluding hydrogens is 478 g/mol. The first kappa shape index (κ1) is 25.0. The zero-order valence-electron chi connectivity index (χ0n) is 20.8. The molecule has 5 nitrogen and oxygen atoms in total. The number of imidazole rings is 1. The van der Waals surface area contributed by atoms with E-state index in [9.17, 15) is 13.6 Å². The second-order valence-electron chi connectivity index (χ2n) is 9.55. The maximum atomic E-state index is 14.9. The molecule has 5 rings (SSSR count). The molecule has 2 aromatic carbocycles. The zero-order chi connectivity index (χ0) is 25.2. The summed E-state index contributed by atoms with van der Waals surface area (Å²) >= 11 is 1.45. The van der Waals surface area contributed by atoms with Crippen molar-refractivity contribution in [2.45, 2.75) is 58.5 Å². The summed E-state index contributed by atoms with van der Waals surface area (Å²) in [5.74, 6) is -0.758.